The van der Waals surface area contributed by atoms with E-state index in [1.807, 2.05) is 0 Å². The van der Waals surface area contributed by atoms with Gasteiger partial charge in [0.25, 0.3) is 0 Å². The van der Waals surface area contributed by atoms with E-state index < -0.39 is 18.5 Å². The highest BCUT2D eigenvalue weighted by atomic mass is 19.4. The van der Waals surface area contributed by atoms with Gasteiger partial charge in [-0.2, -0.15) is 13.2 Å². The summed E-state index contributed by atoms with van der Waals surface area (Å²) in [6.07, 6.45) is -4.23. The maximum atomic E-state index is 11.9. The summed E-state index contributed by atoms with van der Waals surface area (Å²) in [4.78, 5) is 13.3. The Balaban J connectivity index is 2.06. The van der Waals surface area contributed by atoms with E-state index in [1.54, 1.807) is 12.1 Å². The molecule has 0 saturated carbocycles. The first-order valence-corrected chi connectivity index (χ1v) is 4.83. The van der Waals surface area contributed by atoms with Gasteiger partial charge in [0.2, 0.25) is 0 Å². The quantitative estimate of drug-likeness (QED) is 0.867. The lowest BCUT2D eigenvalue weighted by molar-refractivity contribution is -0.125. The number of oxazole rings is 1. The van der Waals surface area contributed by atoms with Crippen LogP contribution in [0.25, 0.3) is 11.1 Å². The number of benzene rings is 1. The number of H-pyrrole nitrogens is 1. The standard InChI is InChI=1S/C10H9F3N2O2/c11-10(12,13)5-14-4-6-1-2-7-8(3-6)17-9(16)15-7/h1-3,14H,4-5H2,(H,15,16). The third-order valence-corrected chi connectivity index (χ3v) is 2.14. The zero-order chi connectivity index (χ0) is 12.5. The van der Waals surface area contributed by atoms with E-state index in [9.17, 15) is 18.0 Å². The van der Waals surface area contributed by atoms with Crippen molar-refractivity contribution in [2.45, 2.75) is 12.7 Å². The first-order valence-electron chi connectivity index (χ1n) is 4.83. The molecule has 1 aromatic carbocycles. The highest BCUT2D eigenvalue weighted by Gasteiger charge is 2.26. The number of alkyl halides is 3. The largest absolute Gasteiger partial charge is 0.417 e. The first-order chi connectivity index (χ1) is 7.94. The van der Waals surface area contributed by atoms with Gasteiger partial charge < -0.3 is 9.73 Å². The molecule has 0 bridgehead atoms. The summed E-state index contributed by atoms with van der Waals surface area (Å²) in [5.41, 5.74) is 1.47. The number of fused-ring (bicyclic) bond motifs is 1. The van der Waals surface area contributed by atoms with Crippen LogP contribution in [-0.4, -0.2) is 17.7 Å². The molecule has 92 valence electrons. The smallest absolute Gasteiger partial charge is 0.408 e. The Morgan fingerprint density at radius 1 is 1.35 bits per heavy atom. The highest BCUT2D eigenvalue weighted by Crippen LogP contribution is 2.14. The summed E-state index contributed by atoms with van der Waals surface area (Å²) >= 11 is 0. The second kappa shape index (κ2) is 4.25. The van der Waals surface area contributed by atoms with Gasteiger partial charge in [-0.1, -0.05) is 6.07 Å². The molecule has 0 radical (unpaired) electrons. The molecule has 2 rings (SSSR count). The number of rotatable bonds is 3. The summed E-state index contributed by atoms with van der Waals surface area (Å²) in [6.45, 7) is -0.994. The molecule has 17 heavy (non-hydrogen) atoms. The lowest BCUT2D eigenvalue weighted by Gasteiger charge is -2.07. The fourth-order valence-electron chi connectivity index (χ4n) is 1.45. The molecule has 0 atom stereocenters. The third-order valence-electron chi connectivity index (χ3n) is 2.14. The van der Waals surface area contributed by atoms with Gasteiger partial charge in [0.15, 0.2) is 5.58 Å². The molecule has 1 aromatic heterocycles. The Hall–Kier alpha value is -1.76. The van der Waals surface area contributed by atoms with Crippen LogP contribution in [-0.2, 0) is 6.54 Å². The summed E-state index contributed by atoms with van der Waals surface area (Å²) in [5.74, 6) is -0.583. The van der Waals surface area contributed by atoms with Crippen molar-refractivity contribution in [3.05, 3.63) is 34.3 Å². The number of halogens is 3. The predicted molar refractivity (Wildman–Crippen MR) is 54.6 cm³/mol. The second-order valence-corrected chi connectivity index (χ2v) is 3.56. The molecule has 1 heterocycles. The monoisotopic (exact) mass is 246 g/mol. The van der Waals surface area contributed by atoms with E-state index in [4.69, 9.17) is 4.42 Å². The topological polar surface area (TPSA) is 58.0 Å². The lowest BCUT2D eigenvalue weighted by Crippen LogP contribution is -2.28. The molecule has 0 saturated heterocycles. The van der Waals surface area contributed by atoms with E-state index in [0.717, 1.165) is 0 Å². The minimum Gasteiger partial charge on any atom is -0.408 e. The molecular weight excluding hydrogens is 237 g/mol. The number of nitrogens with one attached hydrogen (secondary N) is 2. The van der Waals surface area contributed by atoms with Gasteiger partial charge in [-0.25, -0.2) is 4.79 Å². The number of hydrogen-bond donors (Lipinski definition) is 2. The van der Waals surface area contributed by atoms with Crippen LogP contribution in [0.1, 0.15) is 5.56 Å². The summed E-state index contributed by atoms with van der Waals surface area (Å²) in [6, 6.07) is 4.73. The molecule has 0 unspecified atom stereocenters. The zero-order valence-corrected chi connectivity index (χ0v) is 8.60. The van der Waals surface area contributed by atoms with Crippen molar-refractivity contribution in [1.29, 1.82) is 0 Å². The fraction of sp³-hybridized carbons (Fsp3) is 0.300. The van der Waals surface area contributed by atoms with Crippen molar-refractivity contribution in [2.24, 2.45) is 0 Å². The minimum atomic E-state index is -4.23. The molecule has 7 heteroatoms. The van der Waals surface area contributed by atoms with Gasteiger partial charge in [-0.3, -0.25) is 4.98 Å². The van der Waals surface area contributed by atoms with E-state index in [1.165, 1.54) is 6.07 Å². The van der Waals surface area contributed by atoms with Crippen LogP contribution in [0.3, 0.4) is 0 Å². The maximum Gasteiger partial charge on any atom is 0.417 e. The summed E-state index contributed by atoms with van der Waals surface area (Å²) in [7, 11) is 0. The number of aromatic amines is 1. The van der Waals surface area contributed by atoms with Crippen LogP contribution in [0.15, 0.2) is 27.4 Å². The van der Waals surface area contributed by atoms with Crippen LogP contribution >= 0.6 is 0 Å². The summed E-state index contributed by atoms with van der Waals surface area (Å²) < 4.78 is 40.5. The van der Waals surface area contributed by atoms with Crippen molar-refractivity contribution in [2.75, 3.05) is 6.54 Å². The third kappa shape index (κ3) is 3.10. The molecule has 0 aliphatic carbocycles. The van der Waals surface area contributed by atoms with Crippen LogP contribution in [0.5, 0.6) is 0 Å². The van der Waals surface area contributed by atoms with Gasteiger partial charge in [0, 0.05) is 6.54 Å². The van der Waals surface area contributed by atoms with Gasteiger partial charge in [-0.15, -0.1) is 0 Å². The molecule has 2 aromatic rings. The Labute approximate surface area is 93.4 Å². The molecule has 0 spiro atoms. The predicted octanol–water partition coefficient (Wildman–Crippen LogP) is 1.77. The molecule has 0 fully saturated rings. The minimum absolute atomic E-state index is 0.0599. The van der Waals surface area contributed by atoms with E-state index in [0.29, 0.717) is 16.7 Å². The number of hydrogen-bond acceptors (Lipinski definition) is 3. The van der Waals surface area contributed by atoms with Crippen molar-refractivity contribution >= 4 is 11.1 Å². The van der Waals surface area contributed by atoms with Crippen LogP contribution in [0.2, 0.25) is 0 Å². The van der Waals surface area contributed by atoms with Gasteiger partial charge in [-0.05, 0) is 17.7 Å². The highest BCUT2D eigenvalue weighted by molar-refractivity contribution is 5.72. The Morgan fingerprint density at radius 3 is 2.82 bits per heavy atom. The van der Waals surface area contributed by atoms with Gasteiger partial charge in [0.1, 0.15) is 0 Å². The van der Waals surface area contributed by atoms with Gasteiger partial charge in [0.05, 0.1) is 12.1 Å². The molecule has 0 aliphatic heterocycles. The van der Waals surface area contributed by atoms with Crippen LogP contribution in [0.4, 0.5) is 13.2 Å². The SMILES string of the molecule is O=c1[nH]c2ccc(CNCC(F)(F)F)cc2o1. The van der Waals surface area contributed by atoms with Crippen molar-refractivity contribution in [3.63, 3.8) is 0 Å². The van der Waals surface area contributed by atoms with Crippen molar-refractivity contribution in [1.82, 2.24) is 10.3 Å². The van der Waals surface area contributed by atoms with E-state index in [-0.39, 0.29) is 6.54 Å². The summed E-state index contributed by atoms with van der Waals surface area (Å²) in [5, 5.41) is 2.26. The maximum absolute atomic E-state index is 11.9. The van der Waals surface area contributed by atoms with E-state index in [2.05, 4.69) is 10.3 Å². The molecule has 0 amide bonds. The Kier molecular flexibility index (Phi) is 2.93. The molecule has 4 nitrogen and oxygen atoms in total. The van der Waals surface area contributed by atoms with Crippen molar-refractivity contribution in [3.8, 4) is 0 Å². The molecule has 2 N–H and O–H groups in total. The second-order valence-electron chi connectivity index (χ2n) is 3.56. The molecular formula is C10H9F3N2O2. The Bertz CT molecular complexity index is 571. The normalized spacial score (nSPS) is 12.2. The first kappa shape index (κ1) is 11.7. The zero-order valence-electron chi connectivity index (χ0n) is 8.60. The average molecular weight is 246 g/mol. The van der Waals surface area contributed by atoms with Crippen LogP contribution < -0.4 is 11.1 Å². The Morgan fingerprint density at radius 2 is 2.12 bits per heavy atom. The van der Waals surface area contributed by atoms with Crippen molar-refractivity contribution < 1.29 is 17.6 Å². The number of aromatic nitrogens is 1. The fourth-order valence-corrected chi connectivity index (χ4v) is 1.45. The van der Waals surface area contributed by atoms with Crippen LogP contribution in [0, 0.1) is 0 Å². The van der Waals surface area contributed by atoms with E-state index >= 15 is 0 Å². The molecule has 0 aliphatic rings. The average Bonchev–Trinajstić information content (AvgIpc) is 2.55. The lowest BCUT2D eigenvalue weighted by atomic mass is 10.2. The van der Waals surface area contributed by atoms with Gasteiger partial charge >= 0.3 is 11.9 Å².